The maximum Gasteiger partial charge on any atom is 0.267 e. The molecule has 0 aromatic carbocycles. The van der Waals surface area contributed by atoms with Crippen molar-refractivity contribution in [1.82, 2.24) is 9.88 Å². The molecule has 2 rings (SSSR count). The minimum Gasteiger partial charge on any atom is -0.350 e. The number of aromatic nitrogens is 1. The molecular weight excluding hydrogens is 292 g/mol. The highest BCUT2D eigenvalue weighted by atomic mass is 79.9. The van der Waals surface area contributed by atoms with Crippen molar-refractivity contribution in [3.05, 3.63) is 22.4 Å². The number of halogens is 1. The normalized spacial score (nSPS) is 16.8. The number of amides is 1. The lowest BCUT2D eigenvalue weighted by Crippen LogP contribution is -2.31. The Balaban J connectivity index is 1.90. The number of carbonyl (C=O) groups excluding carboxylic acids is 1. The molecule has 1 heterocycles. The molecule has 0 saturated heterocycles. The second-order valence-corrected chi connectivity index (χ2v) is 5.96. The van der Waals surface area contributed by atoms with E-state index in [0.29, 0.717) is 5.92 Å². The second-order valence-electron chi connectivity index (χ2n) is 5.04. The Kier molecular flexibility index (Phi) is 4.87. The van der Waals surface area contributed by atoms with Crippen molar-refractivity contribution in [1.29, 1.82) is 0 Å². The largest absolute Gasteiger partial charge is 0.350 e. The Morgan fingerprint density at radius 3 is 2.83 bits per heavy atom. The minimum absolute atomic E-state index is 0.0492. The van der Waals surface area contributed by atoms with E-state index < -0.39 is 0 Å². The first-order valence-electron chi connectivity index (χ1n) is 6.84. The third-order valence-corrected chi connectivity index (χ3v) is 4.15. The third kappa shape index (κ3) is 3.37. The zero-order valence-corrected chi connectivity index (χ0v) is 12.5. The fourth-order valence-corrected chi connectivity index (χ4v) is 3.11. The van der Waals surface area contributed by atoms with Gasteiger partial charge in [-0.05, 0) is 47.7 Å². The molecule has 1 fully saturated rings. The van der Waals surface area contributed by atoms with Gasteiger partial charge >= 0.3 is 0 Å². The fourth-order valence-electron chi connectivity index (χ4n) is 2.65. The molecule has 1 aromatic heterocycles. The van der Waals surface area contributed by atoms with Gasteiger partial charge in [0.25, 0.3) is 5.91 Å². The van der Waals surface area contributed by atoms with E-state index in [1.165, 1.54) is 32.1 Å². The van der Waals surface area contributed by atoms with Crippen LogP contribution in [-0.4, -0.2) is 17.0 Å². The van der Waals surface area contributed by atoms with Gasteiger partial charge in [0.2, 0.25) is 0 Å². The van der Waals surface area contributed by atoms with E-state index in [1.807, 2.05) is 23.8 Å². The summed E-state index contributed by atoms with van der Waals surface area (Å²) in [5, 5.41) is 3.08. The van der Waals surface area contributed by atoms with Gasteiger partial charge in [0.05, 0.1) is 0 Å². The molecule has 4 heteroatoms. The van der Waals surface area contributed by atoms with Crippen LogP contribution >= 0.6 is 15.9 Å². The molecule has 0 spiro atoms. The zero-order chi connectivity index (χ0) is 13.0. The summed E-state index contributed by atoms with van der Waals surface area (Å²) < 4.78 is 2.94. The Bertz CT molecular complexity index is 408. The van der Waals surface area contributed by atoms with Gasteiger partial charge < -0.3 is 9.88 Å². The van der Waals surface area contributed by atoms with E-state index in [4.69, 9.17) is 0 Å². The van der Waals surface area contributed by atoms with Crippen LogP contribution in [0, 0.1) is 5.92 Å². The summed E-state index contributed by atoms with van der Waals surface area (Å²) in [5.74, 6) is 0.726. The van der Waals surface area contributed by atoms with E-state index in [9.17, 15) is 4.79 Å². The minimum atomic E-state index is 0.0492. The quantitative estimate of drug-likeness (QED) is 0.906. The SMILES string of the molecule is CCn1cc(Br)cc1C(=O)NCC1CCCCC1. The molecule has 3 nitrogen and oxygen atoms in total. The van der Waals surface area contributed by atoms with Crippen LogP contribution in [0.25, 0.3) is 0 Å². The van der Waals surface area contributed by atoms with Gasteiger partial charge in [0.15, 0.2) is 0 Å². The maximum atomic E-state index is 12.1. The van der Waals surface area contributed by atoms with Crippen LogP contribution in [0.15, 0.2) is 16.7 Å². The Hall–Kier alpha value is -0.770. The first-order chi connectivity index (χ1) is 8.70. The summed E-state index contributed by atoms with van der Waals surface area (Å²) in [5.41, 5.74) is 0.750. The van der Waals surface area contributed by atoms with Crippen LogP contribution in [0.5, 0.6) is 0 Å². The lowest BCUT2D eigenvalue weighted by molar-refractivity contribution is 0.0934. The third-order valence-electron chi connectivity index (χ3n) is 3.71. The van der Waals surface area contributed by atoms with Gasteiger partial charge in [-0.2, -0.15) is 0 Å². The van der Waals surface area contributed by atoms with Crippen molar-refractivity contribution >= 4 is 21.8 Å². The van der Waals surface area contributed by atoms with Gasteiger partial charge in [0.1, 0.15) is 5.69 Å². The Morgan fingerprint density at radius 2 is 2.17 bits per heavy atom. The zero-order valence-electron chi connectivity index (χ0n) is 10.9. The number of nitrogens with one attached hydrogen (secondary N) is 1. The molecule has 0 atom stereocenters. The molecule has 1 saturated carbocycles. The summed E-state index contributed by atoms with van der Waals surface area (Å²) >= 11 is 3.42. The first-order valence-corrected chi connectivity index (χ1v) is 7.64. The van der Waals surface area contributed by atoms with Crippen LogP contribution in [0.3, 0.4) is 0 Å². The van der Waals surface area contributed by atoms with Gasteiger partial charge in [-0.3, -0.25) is 4.79 Å². The number of nitrogens with zero attached hydrogens (tertiary/aromatic N) is 1. The molecule has 100 valence electrons. The number of hydrogen-bond acceptors (Lipinski definition) is 1. The lowest BCUT2D eigenvalue weighted by atomic mass is 9.89. The average molecular weight is 313 g/mol. The van der Waals surface area contributed by atoms with Gasteiger partial charge in [-0.25, -0.2) is 0 Å². The molecule has 1 aliphatic carbocycles. The van der Waals surface area contributed by atoms with Crippen molar-refractivity contribution in [3.63, 3.8) is 0 Å². The molecule has 0 unspecified atom stereocenters. The van der Waals surface area contributed by atoms with Crippen molar-refractivity contribution in [2.24, 2.45) is 5.92 Å². The molecule has 0 aliphatic heterocycles. The highest BCUT2D eigenvalue weighted by Crippen LogP contribution is 2.23. The number of aryl methyl sites for hydroxylation is 1. The summed E-state index contributed by atoms with van der Waals surface area (Å²) in [4.78, 5) is 12.1. The molecule has 0 radical (unpaired) electrons. The van der Waals surface area contributed by atoms with E-state index in [-0.39, 0.29) is 5.91 Å². The van der Waals surface area contributed by atoms with Crippen molar-refractivity contribution in [2.45, 2.75) is 45.6 Å². The summed E-state index contributed by atoms with van der Waals surface area (Å²) in [6.07, 6.45) is 8.47. The van der Waals surface area contributed by atoms with E-state index >= 15 is 0 Å². The molecule has 0 bridgehead atoms. The Morgan fingerprint density at radius 1 is 1.44 bits per heavy atom. The van der Waals surface area contributed by atoms with Crippen LogP contribution < -0.4 is 5.32 Å². The van der Waals surface area contributed by atoms with Gasteiger partial charge in [-0.15, -0.1) is 0 Å². The highest BCUT2D eigenvalue weighted by Gasteiger charge is 2.16. The second kappa shape index (κ2) is 6.41. The topological polar surface area (TPSA) is 34.0 Å². The van der Waals surface area contributed by atoms with Crippen LogP contribution in [-0.2, 0) is 6.54 Å². The molecule has 1 amide bonds. The smallest absolute Gasteiger partial charge is 0.267 e. The molecule has 1 N–H and O–H groups in total. The molecule has 1 aromatic rings. The molecular formula is C14H21BrN2O. The Labute approximate surface area is 117 Å². The summed E-state index contributed by atoms with van der Waals surface area (Å²) in [6, 6.07) is 1.89. The number of hydrogen-bond donors (Lipinski definition) is 1. The van der Waals surface area contributed by atoms with Gasteiger partial charge in [-0.1, -0.05) is 19.3 Å². The van der Waals surface area contributed by atoms with Crippen molar-refractivity contribution in [3.8, 4) is 0 Å². The lowest BCUT2D eigenvalue weighted by Gasteiger charge is -2.21. The van der Waals surface area contributed by atoms with Crippen LogP contribution in [0.4, 0.5) is 0 Å². The monoisotopic (exact) mass is 312 g/mol. The number of rotatable bonds is 4. The number of carbonyl (C=O) groups is 1. The summed E-state index contributed by atoms with van der Waals surface area (Å²) in [7, 11) is 0. The van der Waals surface area contributed by atoms with Gasteiger partial charge in [0, 0.05) is 23.8 Å². The van der Waals surface area contributed by atoms with Crippen molar-refractivity contribution < 1.29 is 4.79 Å². The highest BCUT2D eigenvalue weighted by molar-refractivity contribution is 9.10. The van der Waals surface area contributed by atoms with E-state index in [1.54, 1.807) is 0 Å². The summed E-state index contributed by atoms with van der Waals surface area (Å²) in [6.45, 7) is 3.69. The average Bonchev–Trinajstić information content (AvgIpc) is 2.78. The molecule has 18 heavy (non-hydrogen) atoms. The first kappa shape index (κ1) is 13.7. The van der Waals surface area contributed by atoms with Crippen molar-refractivity contribution in [2.75, 3.05) is 6.54 Å². The molecule has 1 aliphatic rings. The van der Waals surface area contributed by atoms with Crippen LogP contribution in [0.2, 0.25) is 0 Å². The van der Waals surface area contributed by atoms with E-state index in [2.05, 4.69) is 21.2 Å². The standard InChI is InChI=1S/C14H21BrN2O/c1-2-17-10-12(15)8-13(17)14(18)16-9-11-6-4-3-5-7-11/h8,10-11H,2-7,9H2,1H3,(H,16,18). The predicted molar refractivity (Wildman–Crippen MR) is 76.7 cm³/mol. The van der Waals surface area contributed by atoms with Crippen LogP contribution in [0.1, 0.15) is 49.5 Å². The van der Waals surface area contributed by atoms with E-state index in [0.717, 1.165) is 23.3 Å². The maximum absolute atomic E-state index is 12.1. The predicted octanol–water partition coefficient (Wildman–Crippen LogP) is 3.58. The fraction of sp³-hybridized carbons (Fsp3) is 0.643.